The maximum atomic E-state index is 11.0. The molecule has 0 aliphatic heterocycles. The SMILES string of the molecule is Cc1cc(C)c(C(O)C2(C#N)CCCCCC2)c(C)c1. The molecule has 0 spiro atoms. The number of aliphatic hydroxyl groups is 1. The van der Waals surface area contributed by atoms with E-state index in [2.05, 4.69) is 25.1 Å². The summed E-state index contributed by atoms with van der Waals surface area (Å²) in [4.78, 5) is 0. The van der Waals surface area contributed by atoms with Gasteiger partial charge in [0.05, 0.1) is 17.6 Å². The van der Waals surface area contributed by atoms with E-state index in [0.717, 1.165) is 42.4 Å². The van der Waals surface area contributed by atoms with E-state index in [9.17, 15) is 10.4 Å². The zero-order valence-corrected chi connectivity index (χ0v) is 12.9. The van der Waals surface area contributed by atoms with Crippen molar-refractivity contribution < 1.29 is 5.11 Å². The van der Waals surface area contributed by atoms with Gasteiger partial charge in [-0.15, -0.1) is 0 Å². The second kappa shape index (κ2) is 5.97. The lowest BCUT2D eigenvalue weighted by molar-refractivity contribution is 0.0506. The number of nitriles is 1. The largest absolute Gasteiger partial charge is 0.387 e. The number of aliphatic hydroxyl groups excluding tert-OH is 1. The predicted molar refractivity (Wildman–Crippen MR) is 81.4 cm³/mol. The van der Waals surface area contributed by atoms with Gasteiger partial charge in [0.25, 0.3) is 0 Å². The lowest BCUT2D eigenvalue weighted by Crippen LogP contribution is -2.28. The molecule has 2 nitrogen and oxygen atoms in total. The third-order valence-electron chi connectivity index (χ3n) is 4.75. The van der Waals surface area contributed by atoms with Crippen molar-refractivity contribution in [3.8, 4) is 6.07 Å². The summed E-state index contributed by atoms with van der Waals surface area (Å²) in [5.41, 5.74) is 3.80. The van der Waals surface area contributed by atoms with Gasteiger partial charge in [0.1, 0.15) is 0 Å². The summed E-state index contributed by atoms with van der Waals surface area (Å²) < 4.78 is 0. The van der Waals surface area contributed by atoms with Gasteiger partial charge in [-0.2, -0.15) is 5.26 Å². The molecule has 108 valence electrons. The van der Waals surface area contributed by atoms with Crippen molar-refractivity contribution in [2.45, 2.75) is 65.4 Å². The van der Waals surface area contributed by atoms with Crippen LogP contribution in [0.4, 0.5) is 0 Å². The standard InChI is InChI=1S/C18H25NO/c1-13-10-14(2)16(15(3)11-13)17(20)18(12-19)8-6-4-5-7-9-18/h10-11,17,20H,4-9H2,1-3H3. The first-order valence-corrected chi connectivity index (χ1v) is 7.67. The van der Waals surface area contributed by atoms with Crippen molar-refractivity contribution in [1.29, 1.82) is 5.26 Å². The Bertz CT molecular complexity index is 496. The molecule has 0 saturated heterocycles. The molecular weight excluding hydrogens is 246 g/mol. The fourth-order valence-electron chi connectivity index (χ4n) is 3.70. The van der Waals surface area contributed by atoms with Crippen LogP contribution in [0.1, 0.15) is 66.9 Å². The molecule has 1 aromatic rings. The van der Waals surface area contributed by atoms with Crippen LogP contribution in [0, 0.1) is 37.5 Å². The predicted octanol–water partition coefficient (Wildman–Crippen LogP) is 4.51. The van der Waals surface area contributed by atoms with E-state index in [-0.39, 0.29) is 0 Å². The van der Waals surface area contributed by atoms with Crippen LogP contribution in [0.25, 0.3) is 0 Å². The molecule has 0 amide bonds. The lowest BCUT2D eigenvalue weighted by Gasteiger charge is -2.32. The quantitative estimate of drug-likeness (QED) is 0.804. The van der Waals surface area contributed by atoms with Gasteiger partial charge in [-0.1, -0.05) is 43.4 Å². The van der Waals surface area contributed by atoms with E-state index in [4.69, 9.17) is 0 Å². The average molecular weight is 271 g/mol. The Morgan fingerprint density at radius 2 is 1.55 bits per heavy atom. The van der Waals surface area contributed by atoms with Crippen molar-refractivity contribution in [3.05, 3.63) is 34.4 Å². The summed E-state index contributed by atoms with van der Waals surface area (Å²) in [7, 11) is 0. The average Bonchev–Trinajstić information content (AvgIpc) is 2.63. The molecule has 0 bridgehead atoms. The molecule has 1 atom stereocenters. The third kappa shape index (κ3) is 2.74. The van der Waals surface area contributed by atoms with E-state index >= 15 is 0 Å². The summed E-state index contributed by atoms with van der Waals surface area (Å²) in [6, 6.07) is 6.68. The maximum Gasteiger partial charge on any atom is 0.0981 e. The number of nitrogens with zero attached hydrogens (tertiary/aromatic N) is 1. The van der Waals surface area contributed by atoms with Gasteiger partial charge in [0.2, 0.25) is 0 Å². The number of rotatable bonds is 2. The molecule has 1 saturated carbocycles. The minimum absolute atomic E-state index is 0.596. The Kier molecular flexibility index (Phi) is 4.50. The van der Waals surface area contributed by atoms with E-state index in [1.54, 1.807) is 0 Å². The van der Waals surface area contributed by atoms with Crippen LogP contribution in [0.5, 0.6) is 0 Å². The monoisotopic (exact) mass is 271 g/mol. The lowest BCUT2D eigenvalue weighted by atomic mass is 9.72. The van der Waals surface area contributed by atoms with Crippen molar-refractivity contribution in [3.63, 3.8) is 0 Å². The molecule has 2 heteroatoms. The molecule has 0 heterocycles. The molecule has 0 radical (unpaired) electrons. The van der Waals surface area contributed by atoms with E-state index in [1.165, 1.54) is 18.4 Å². The maximum absolute atomic E-state index is 11.0. The second-order valence-electron chi connectivity index (χ2n) is 6.40. The number of benzene rings is 1. The van der Waals surface area contributed by atoms with Gasteiger partial charge < -0.3 is 5.11 Å². The van der Waals surface area contributed by atoms with Gasteiger partial charge >= 0.3 is 0 Å². The van der Waals surface area contributed by atoms with Crippen LogP contribution in [0.15, 0.2) is 12.1 Å². The Hall–Kier alpha value is -1.33. The Morgan fingerprint density at radius 3 is 2.00 bits per heavy atom. The zero-order chi connectivity index (χ0) is 14.8. The Morgan fingerprint density at radius 1 is 1.05 bits per heavy atom. The summed E-state index contributed by atoms with van der Waals surface area (Å²) in [5.74, 6) is 0. The number of aryl methyl sites for hydroxylation is 3. The first-order valence-electron chi connectivity index (χ1n) is 7.67. The molecule has 1 fully saturated rings. The van der Waals surface area contributed by atoms with Crippen LogP contribution in [0.3, 0.4) is 0 Å². The highest BCUT2D eigenvalue weighted by Gasteiger charge is 2.40. The minimum atomic E-state index is -0.661. The highest BCUT2D eigenvalue weighted by atomic mass is 16.3. The van der Waals surface area contributed by atoms with Crippen molar-refractivity contribution in [2.75, 3.05) is 0 Å². The van der Waals surface area contributed by atoms with E-state index in [0.29, 0.717) is 0 Å². The third-order valence-corrected chi connectivity index (χ3v) is 4.75. The topological polar surface area (TPSA) is 44.0 Å². The summed E-state index contributed by atoms with van der Waals surface area (Å²) in [6.07, 6.45) is 5.44. The molecule has 1 N–H and O–H groups in total. The zero-order valence-electron chi connectivity index (χ0n) is 12.9. The fraction of sp³-hybridized carbons (Fsp3) is 0.611. The molecule has 20 heavy (non-hydrogen) atoms. The number of hydrogen-bond donors (Lipinski definition) is 1. The molecule has 0 aromatic heterocycles. The molecule has 1 aromatic carbocycles. The van der Waals surface area contributed by atoms with Crippen LogP contribution >= 0.6 is 0 Å². The molecule has 2 rings (SSSR count). The van der Waals surface area contributed by atoms with Crippen molar-refractivity contribution in [2.24, 2.45) is 5.41 Å². The van der Waals surface area contributed by atoms with Crippen LogP contribution < -0.4 is 0 Å². The number of hydrogen-bond acceptors (Lipinski definition) is 2. The molecule has 1 aliphatic carbocycles. The van der Waals surface area contributed by atoms with Crippen molar-refractivity contribution in [1.82, 2.24) is 0 Å². The second-order valence-corrected chi connectivity index (χ2v) is 6.40. The normalized spacial score (nSPS) is 19.9. The fourth-order valence-corrected chi connectivity index (χ4v) is 3.70. The van der Waals surface area contributed by atoms with Gasteiger partial charge in [0.15, 0.2) is 0 Å². The summed E-state index contributed by atoms with van der Waals surface area (Å²) in [6.45, 7) is 6.16. The van der Waals surface area contributed by atoms with Gasteiger partial charge in [0, 0.05) is 0 Å². The summed E-state index contributed by atoms with van der Waals surface area (Å²) >= 11 is 0. The molecule has 1 unspecified atom stereocenters. The highest BCUT2D eigenvalue weighted by molar-refractivity contribution is 5.40. The Labute approximate surface area is 122 Å². The first-order chi connectivity index (χ1) is 9.50. The smallest absolute Gasteiger partial charge is 0.0981 e. The highest BCUT2D eigenvalue weighted by Crippen LogP contribution is 2.46. The van der Waals surface area contributed by atoms with Crippen LogP contribution in [0.2, 0.25) is 0 Å². The van der Waals surface area contributed by atoms with Gasteiger partial charge in [-0.3, -0.25) is 0 Å². The van der Waals surface area contributed by atoms with Gasteiger partial charge in [-0.05, 0) is 50.3 Å². The van der Waals surface area contributed by atoms with Crippen molar-refractivity contribution >= 4 is 0 Å². The molecular formula is C18H25NO. The Balaban J connectivity index is 2.43. The summed E-state index contributed by atoms with van der Waals surface area (Å²) in [5, 5.41) is 20.7. The molecule has 1 aliphatic rings. The first kappa shape index (κ1) is 15.1. The van der Waals surface area contributed by atoms with Crippen LogP contribution in [-0.4, -0.2) is 5.11 Å². The van der Waals surface area contributed by atoms with E-state index < -0.39 is 11.5 Å². The minimum Gasteiger partial charge on any atom is -0.387 e. The van der Waals surface area contributed by atoms with E-state index in [1.807, 2.05) is 13.8 Å². The van der Waals surface area contributed by atoms with Gasteiger partial charge in [-0.25, -0.2) is 0 Å². The van der Waals surface area contributed by atoms with Crippen LogP contribution in [-0.2, 0) is 0 Å².